The average molecular weight is 410 g/mol. The summed E-state index contributed by atoms with van der Waals surface area (Å²) in [6.07, 6.45) is 0. The smallest absolute Gasteiger partial charge is 0.230 e. The van der Waals surface area contributed by atoms with Crippen molar-refractivity contribution in [1.82, 2.24) is 9.88 Å². The third kappa shape index (κ3) is 5.22. The van der Waals surface area contributed by atoms with Crippen molar-refractivity contribution in [2.45, 2.75) is 33.9 Å². The van der Waals surface area contributed by atoms with Crippen LogP contribution in [0.3, 0.4) is 0 Å². The Morgan fingerprint density at radius 1 is 1.10 bits per heavy atom. The fraction of sp³-hybridized carbons (Fsp3) is 0.304. The number of anilines is 2. The highest BCUT2D eigenvalue weighted by Crippen LogP contribution is 2.32. The first kappa shape index (κ1) is 21.0. The molecule has 5 nitrogen and oxygen atoms in total. The Labute approximate surface area is 176 Å². The molecule has 2 aromatic carbocycles. The van der Waals surface area contributed by atoms with Crippen LogP contribution in [0.15, 0.2) is 47.8 Å². The summed E-state index contributed by atoms with van der Waals surface area (Å²) in [5.74, 6) is 0.820. The van der Waals surface area contributed by atoms with Crippen LogP contribution in [0.2, 0.25) is 0 Å². The normalized spacial score (nSPS) is 11.0. The Kier molecular flexibility index (Phi) is 6.67. The molecule has 1 aromatic heterocycles. The van der Waals surface area contributed by atoms with Crippen LogP contribution in [-0.2, 0) is 17.9 Å². The highest BCUT2D eigenvalue weighted by atomic mass is 32.1. The fourth-order valence-corrected chi connectivity index (χ4v) is 4.18. The molecule has 29 heavy (non-hydrogen) atoms. The van der Waals surface area contributed by atoms with E-state index in [1.807, 2.05) is 36.6 Å². The second-order valence-electron chi connectivity index (χ2n) is 7.29. The molecule has 0 aliphatic heterocycles. The van der Waals surface area contributed by atoms with Gasteiger partial charge in [0, 0.05) is 25.4 Å². The summed E-state index contributed by atoms with van der Waals surface area (Å²) in [6, 6.07) is 14.2. The number of hydrogen-bond acceptors (Lipinski definition) is 5. The first-order valence-electron chi connectivity index (χ1n) is 9.51. The monoisotopic (exact) mass is 409 g/mol. The molecule has 1 amide bonds. The van der Waals surface area contributed by atoms with Crippen LogP contribution in [0.1, 0.15) is 29.3 Å². The van der Waals surface area contributed by atoms with Crippen LogP contribution in [0.25, 0.3) is 0 Å². The SMILES string of the molecule is COc1ccc(CN(C)Cc2csc(N(C(C)=O)c3ccc(C)cc3C)n2)cc1. The number of amides is 1. The van der Waals surface area contributed by atoms with Crippen LogP contribution in [0.5, 0.6) is 5.75 Å². The van der Waals surface area contributed by atoms with Gasteiger partial charge in [-0.2, -0.15) is 0 Å². The van der Waals surface area contributed by atoms with Crippen molar-refractivity contribution in [3.63, 3.8) is 0 Å². The van der Waals surface area contributed by atoms with Crippen LogP contribution >= 0.6 is 11.3 Å². The molecule has 0 saturated carbocycles. The number of carbonyl (C=O) groups excluding carboxylic acids is 1. The van der Waals surface area contributed by atoms with E-state index in [2.05, 4.69) is 37.1 Å². The third-order valence-corrected chi connectivity index (χ3v) is 5.56. The predicted molar refractivity (Wildman–Crippen MR) is 119 cm³/mol. The standard InChI is InChI=1S/C23H27N3O2S/c1-16-6-11-22(17(2)12-16)26(18(3)27)23-24-20(15-29-23)14-25(4)13-19-7-9-21(28-5)10-8-19/h6-12,15H,13-14H2,1-5H3. The summed E-state index contributed by atoms with van der Waals surface area (Å²) in [5, 5.41) is 2.73. The maximum Gasteiger partial charge on any atom is 0.230 e. The molecule has 0 spiro atoms. The van der Waals surface area contributed by atoms with Gasteiger partial charge in [-0.15, -0.1) is 11.3 Å². The Hall–Kier alpha value is -2.70. The maximum atomic E-state index is 12.4. The zero-order valence-corrected chi connectivity index (χ0v) is 18.4. The highest BCUT2D eigenvalue weighted by molar-refractivity contribution is 7.14. The van der Waals surface area contributed by atoms with Crippen LogP contribution < -0.4 is 9.64 Å². The summed E-state index contributed by atoms with van der Waals surface area (Å²) in [6.45, 7) is 7.17. The van der Waals surface area contributed by atoms with Gasteiger partial charge in [0.2, 0.25) is 5.91 Å². The Morgan fingerprint density at radius 3 is 2.45 bits per heavy atom. The van der Waals surface area contributed by atoms with Gasteiger partial charge in [0.05, 0.1) is 18.5 Å². The van der Waals surface area contributed by atoms with Crippen molar-refractivity contribution in [3.8, 4) is 5.75 Å². The minimum atomic E-state index is -0.0376. The number of thiazole rings is 1. The molecule has 0 aliphatic carbocycles. The van der Waals surface area contributed by atoms with E-state index in [4.69, 9.17) is 9.72 Å². The maximum absolute atomic E-state index is 12.4. The van der Waals surface area contributed by atoms with Crippen LogP contribution in [0.4, 0.5) is 10.8 Å². The number of aromatic nitrogens is 1. The minimum Gasteiger partial charge on any atom is -0.497 e. The fourth-order valence-electron chi connectivity index (χ4n) is 3.31. The molecule has 0 fully saturated rings. The molecule has 0 aliphatic rings. The van der Waals surface area contributed by atoms with Gasteiger partial charge >= 0.3 is 0 Å². The van der Waals surface area contributed by atoms with Gasteiger partial charge < -0.3 is 4.74 Å². The van der Waals surface area contributed by atoms with Gasteiger partial charge in [0.15, 0.2) is 5.13 Å². The Morgan fingerprint density at radius 2 is 1.83 bits per heavy atom. The zero-order valence-electron chi connectivity index (χ0n) is 17.6. The summed E-state index contributed by atoms with van der Waals surface area (Å²) in [7, 11) is 3.74. The molecule has 1 heterocycles. The van der Waals surface area contributed by atoms with Gasteiger partial charge in [0.25, 0.3) is 0 Å². The van der Waals surface area contributed by atoms with E-state index in [9.17, 15) is 4.79 Å². The number of hydrogen-bond donors (Lipinski definition) is 0. The highest BCUT2D eigenvalue weighted by Gasteiger charge is 2.20. The van der Waals surface area contributed by atoms with E-state index >= 15 is 0 Å². The van der Waals surface area contributed by atoms with Crippen LogP contribution in [-0.4, -0.2) is 29.9 Å². The number of aryl methyl sites for hydroxylation is 2. The van der Waals surface area contributed by atoms with E-state index in [0.717, 1.165) is 29.2 Å². The van der Waals surface area contributed by atoms with Gasteiger partial charge in [-0.25, -0.2) is 4.98 Å². The van der Waals surface area contributed by atoms with Gasteiger partial charge in [-0.05, 0) is 50.2 Å². The van der Waals surface area contributed by atoms with E-state index in [-0.39, 0.29) is 5.91 Å². The summed E-state index contributed by atoms with van der Waals surface area (Å²) >= 11 is 1.50. The van der Waals surface area contributed by atoms with Crippen LogP contribution in [0, 0.1) is 13.8 Å². The summed E-state index contributed by atoms with van der Waals surface area (Å²) in [4.78, 5) is 21.0. The molecule has 0 atom stereocenters. The molecule has 0 radical (unpaired) electrons. The number of rotatable bonds is 7. The van der Waals surface area contributed by atoms with Crippen molar-refractivity contribution in [3.05, 3.63) is 70.2 Å². The predicted octanol–water partition coefficient (Wildman–Crippen LogP) is 5.09. The summed E-state index contributed by atoms with van der Waals surface area (Å²) < 4.78 is 5.21. The lowest BCUT2D eigenvalue weighted by Gasteiger charge is -2.20. The lowest BCUT2D eigenvalue weighted by Crippen LogP contribution is -2.23. The number of ether oxygens (including phenoxy) is 1. The molecule has 6 heteroatoms. The molecule has 0 bridgehead atoms. The van der Waals surface area contributed by atoms with Gasteiger partial charge in [-0.1, -0.05) is 29.8 Å². The first-order chi connectivity index (χ1) is 13.9. The third-order valence-electron chi connectivity index (χ3n) is 4.68. The molecule has 0 unspecified atom stereocenters. The van der Waals surface area contributed by atoms with Gasteiger partial charge in [0.1, 0.15) is 5.75 Å². The van der Waals surface area contributed by atoms with Crippen molar-refractivity contribution < 1.29 is 9.53 Å². The average Bonchev–Trinajstić information content (AvgIpc) is 3.11. The Bertz CT molecular complexity index is 982. The van der Waals surface area contributed by atoms with Crippen molar-refractivity contribution in [2.24, 2.45) is 0 Å². The number of nitrogens with zero attached hydrogens (tertiary/aromatic N) is 3. The molecule has 3 aromatic rings. The molecular formula is C23H27N3O2S. The zero-order chi connectivity index (χ0) is 21.0. The number of carbonyl (C=O) groups is 1. The van der Waals surface area contributed by atoms with E-state index in [1.165, 1.54) is 22.5 Å². The lowest BCUT2D eigenvalue weighted by atomic mass is 10.1. The number of methoxy groups -OCH3 is 1. The van der Waals surface area contributed by atoms with Crippen molar-refractivity contribution >= 4 is 28.1 Å². The molecule has 0 saturated heterocycles. The van der Waals surface area contributed by atoms with Crippen molar-refractivity contribution in [2.75, 3.05) is 19.1 Å². The summed E-state index contributed by atoms with van der Waals surface area (Å²) in [5.41, 5.74) is 5.29. The Balaban J connectivity index is 1.73. The first-order valence-corrected chi connectivity index (χ1v) is 10.4. The van der Waals surface area contributed by atoms with E-state index in [0.29, 0.717) is 11.7 Å². The number of benzene rings is 2. The van der Waals surface area contributed by atoms with Crippen molar-refractivity contribution in [1.29, 1.82) is 0 Å². The second kappa shape index (κ2) is 9.20. The van der Waals surface area contributed by atoms with E-state index < -0.39 is 0 Å². The molecule has 152 valence electrons. The van der Waals surface area contributed by atoms with Gasteiger partial charge in [-0.3, -0.25) is 14.6 Å². The molecule has 0 N–H and O–H groups in total. The van der Waals surface area contributed by atoms with E-state index in [1.54, 1.807) is 18.9 Å². The largest absolute Gasteiger partial charge is 0.497 e. The molecular weight excluding hydrogens is 382 g/mol. The topological polar surface area (TPSA) is 45.7 Å². The second-order valence-corrected chi connectivity index (χ2v) is 8.12. The lowest BCUT2D eigenvalue weighted by molar-refractivity contribution is -0.115. The molecule has 3 rings (SSSR count). The quantitative estimate of drug-likeness (QED) is 0.546. The minimum absolute atomic E-state index is 0.0376.